The van der Waals surface area contributed by atoms with E-state index in [1.807, 2.05) is 19.1 Å². The molecule has 1 aliphatic rings. The number of ether oxygens (including phenoxy) is 1. The zero-order valence-corrected chi connectivity index (χ0v) is 16.3. The van der Waals surface area contributed by atoms with Gasteiger partial charge in [-0.05, 0) is 61.7 Å². The molecule has 1 saturated heterocycles. The van der Waals surface area contributed by atoms with Gasteiger partial charge in [-0.1, -0.05) is 6.07 Å². The number of methoxy groups -OCH3 is 1. The molecule has 0 aromatic heterocycles. The van der Waals surface area contributed by atoms with Crippen LogP contribution >= 0.6 is 0 Å². The molecule has 0 bridgehead atoms. The van der Waals surface area contributed by atoms with Gasteiger partial charge in [-0.3, -0.25) is 9.59 Å². The third-order valence-electron chi connectivity index (χ3n) is 5.01. The second kappa shape index (κ2) is 8.87. The number of carbonyl (C=O) groups is 2. The van der Waals surface area contributed by atoms with Gasteiger partial charge in [0.15, 0.2) is 11.6 Å². The van der Waals surface area contributed by atoms with Crippen molar-refractivity contribution in [1.29, 1.82) is 0 Å². The minimum absolute atomic E-state index is 0.127. The molecule has 2 amide bonds. The van der Waals surface area contributed by atoms with Crippen LogP contribution in [-0.2, 0) is 11.3 Å². The smallest absolute Gasteiger partial charge is 0.254 e. The lowest BCUT2D eigenvalue weighted by Gasteiger charge is -2.27. The Morgan fingerprint density at radius 3 is 2.54 bits per heavy atom. The number of amides is 2. The highest BCUT2D eigenvalue weighted by atomic mass is 19.1. The Balaban J connectivity index is 1.72. The van der Waals surface area contributed by atoms with E-state index in [1.165, 1.54) is 13.2 Å². The van der Waals surface area contributed by atoms with E-state index in [0.29, 0.717) is 30.6 Å². The van der Waals surface area contributed by atoms with E-state index in [2.05, 4.69) is 0 Å². The molecule has 148 valence electrons. The van der Waals surface area contributed by atoms with Crippen LogP contribution in [0.15, 0.2) is 42.5 Å². The van der Waals surface area contributed by atoms with Crippen molar-refractivity contribution in [1.82, 2.24) is 4.90 Å². The summed E-state index contributed by atoms with van der Waals surface area (Å²) in [5, 5.41) is 0. The van der Waals surface area contributed by atoms with Gasteiger partial charge in [0.05, 0.1) is 7.11 Å². The van der Waals surface area contributed by atoms with Crippen molar-refractivity contribution < 1.29 is 18.7 Å². The van der Waals surface area contributed by atoms with Crippen molar-refractivity contribution in [3.8, 4) is 5.75 Å². The quantitative estimate of drug-likeness (QED) is 0.756. The maximum atomic E-state index is 13.9. The van der Waals surface area contributed by atoms with Gasteiger partial charge in [-0.15, -0.1) is 0 Å². The highest BCUT2D eigenvalue weighted by Gasteiger charge is 2.21. The van der Waals surface area contributed by atoms with Crippen molar-refractivity contribution in [2.24, 2.45) is 0 Å². The summed E-state index contributed by atoms with van der Waals surface area (Å²) in [5.41, 5.74) is 2.06. The molecule has 1 heterocycles. The number of hydrogen-bond acceptors (Lipinski definition) is 3. The van der Waals surface area contributed by atoms with Gasteiger partial charge < -0.3 is 14.5 Å². The Labute approximate surface area is 164 Å². The Bertz CT molecular complexity index is 851. The third-order valence-corrected chi connectivity index (χ3v) is 5.01. The number of benzene rings is 2. The van der Waals surface area contributed by atoms with Gasteiger partial charge in [0.1, 0.15) is 0 Å². The van der Waals surface area contributed by atoms with Crippen LogP contribution in [0.5, 0.6) is 5.75 Å². The molecular formula is C22H25FN2O3. The van der Waals surface area contributed by atoms with E-state index in [4.69, 9.17) is 4.74 Å². The predicted octanol–water partition coefficient (Wildman–Crippen LogP) is 4.01. The zero-order chi connectivity index (χ0) is 20.1. The van der Waals surface area contributed by atoms with Crippen LogP contribution in [0, 0.1) is 5.82 Å². The molecule has 2 aromatic carbocycles. The van der Waals surface area contributed by atoms with Crippen molar-refractivity contribution in [2.75, 3.05) is 25.1 Å². The number of carbonyl (C=O) groups excluding carboxylic acids is 2. The number of halogens is 1. The van der Waals surface area contributed by atoms with Gasteiger partial charge in [-0.2, -0.15) is 0 Å². The Hall–Kier alpha value is -2.89. The van der Waals surface area contributed by atoms with Gasteiger partial charge >= 0.3 is 0 Å². The summed E-state index contributed by atoms with van der Waals surface area (Å²) in [6, 6.07) is 11.8. The summed E-state index contributed by atoms with van der Waals surface area (Å²) in [4.78, 5) is 28.4. The van der Waals surface area contributed by atoms with E-state index in [1.54, 1.807) is 34.1 Å². The first-order chi connectivity index (χ1) is 13.5. The number of rotatable bonds is 6. The molecule has 1 fully saturated rings. The fourth-order valence-corrected chi connectivity index (χ4v) is 3.40. The zero-order valence-electron chi connectivity index (χ0n) is 16.3. The summed E-state index contributed by atoms with van der Waals surface area (Å²) >= 11 is 0. The molecule has 1 aliphatic heterocycles. The van der Waals surface area contributed by atoms with E-state index in [0.717, 1.165) is 25.1 Å². The lowest BCUT2D eigenvalue weighted by molar-refractivity contribution is -0.119. The van der Waals surface area contributed by atoms with Crippen molar-refractivity contribution in [2.45, 2.75) is 32.7 Å². The molecule has 0 atom stereocenters. The molecule has 0 radical (unpaired) electrons. The van der Waals surface area contributed by atoms with E-state index in [9.17, 15) is 14.0 Å². The Morgan fingerprint density at radius 1 is 1.18 bits per heavy atom. The van der Waals surface area contributed by atoms with E-state index >= 15 is 0 Å². The van der Waals surface area contributed by atoms with Crippen LogP contribution in [0.2, 0.25) is 0 Å². The number of piperidine rings is 1. The summed E-state index contributed by atoms with van der Waals surface area (Å²) in [7, 11) is 1.42. The maximum Gasteiger partial charge on any atom is 0.254 e. The summed E-state index contributed by atoms with van der Waals surface area (Å²) in [5.74, 6) is -0.266. The molecule has 6 heteroatoms. The maximum absolute atomic E-state index is 13.9. The summed E-state index contributed by atoms with van der Waals surface area (Å²) in [6.45, 7) is 3.41. The third kappa shape index (κ3) is 4.32. The second-order valence-electron chi connectivity index (χ2n) is 6.84. The Kier molecular flexibility index (Phi) is 6.29. The Morgan fingerprint density at radius 2 is 1.93 bits per heavy atom. The average Bonchev–Trinajstić information content (AvgIpc) is 2.72. The molecule has 5 nitrogen and oxygen atoms in total. The second-order valence-corrected chi connectivity index (χ2v) is 6.84. The SMILES string of the molecule is CCN(Cc1ccc(OC)c(F)c1)C(=O)c1ccc(N2CCCCC2=O)cc1. The number of anilines is 1. The molecule has 0 saturated carbocycles. The van der Waals surface area contributed by atoms with Crippen LogP contribution in [0.25, 0.3) is 0 Å². The number of hydrogen-bond donors (Lipinski definition) is 0. The monoisotopic (exact) mass is 384 g/mol. The average molecular weight is 384 g/mol. The fraction of sp³-hybridized carbons (Fsp3) is 0.364. The summed E-state index contributed by atoms with van der Waals surface area (Å²) in [6.07, 6.45) is 2.50. The first-order valence-corrected chi connectivity index (χ1v) is 9.55. The van der Waals surface area contributed by atoms with Crippen molar-refractivity contribution >= 4 is 17.5 Å². The van der Waals surface area contributed by atoms with Crippen molar-refractivity contribution in [3.63, 3.8) is 0 Å². The predicted molar refractivity (Wildman–Crippen MR) is 106 cm³/mol. The van der Waals surface area contributed by atoms with E-state index in [-0.39, 0.29) is 17.6 Å². The number of nitrogens with zero attached hydrogens (tertiary/aromatic N) is 2. The minimum atomic E-state index is -0.445. The molecule has 0 aliphatic carbocycles. The van der Waals surface area contributed by atoms with Gasteiger partial charge in [-0.25, -0.2) is 4.39 Å². The molecule has 0 unspecified atom stereocenters. The van der Waals surface area contributed by atoms with Crippen LogP contribution in [0.4, 0.5) is 10.1 Å². The van der Waals surface area contributed by atoms with Crippen LogP contribution in [-0.4, -0.2) is 36.9 Å². The van der Waals surface area contributed by atoms with Crippen molar-refractivity contribution in [3.05, 3.63) is 59.4 Å². The van der Waals surface area contributed by atoms with Crippen LogP contribution in [0.1, 0.15) is 42.1 Å². The lowest BCUT2D eigenvalue weighted by atomic mass is 10.1. The van der Waals surface area contributed by atoms with E-state index < -0.39 is 5.82 Å². The van der Waals surface area contributed by atoms with Gasteiger partial charge in [0.25, 0.3) is 5.91 Å². The van der Waals surface area contributed by atoms with Gasteiger partial charge in [0.2, 0.25) is 5.91 Å². The van der Waals surface area contributed by atoms with Crippen LogP contribution in [0.3, 0.4) is 0 Å². The van der Waals surface area contributed by atoms with Crippen LogP contribution < -0.4 is 9.64 Å². The normalized spacial score (nSPS) is 14.1. The minimum Gasteiger partial charge on any atom is -0.494 e. The first kappa shape index (κ1) is 19.9. The standard InChI is InChI=1S/C22H25FN2O3/c1-3-24(15-16-7-12-20(28-2)19(23)14-16)22(27)17-8-10-18(11-9-17)25-13-5-4-6-21(25)26/h7-12,14H,3-6,13,15H2,1-2H3. The highest BCUT2D eigenvalue weighted by Crippen LogP contribution is 2.23. The summed E-state index contributed by atoms with van der Waals surface area (Å²) < 4.78 is 18.9. The molecule has 2 aromatic rings. The molecule has 0 spiro atoms. The fourth-order valence-electron chi connectivity index (χ4n) is 3.40. The lowest BCUT2D eigenvalue weighted by Crippen LogP contribution is -2.35. The molecular weight excluding hydrogens is 359 g/mol. The molecule has 28 heavy (non-hydrogen) atoms. The highest BCUT2D eigenvalue weighted by molar-refractivity contribution is 5.97. The first-order valence-electron chi connectivity index (χ1n) is 9.55. The molecule has 0 N–H and O–H groups in total. The molecule has 3 rings (SSSR count). The van der Waals surface area contributed by atoms with Gasteiger partial charge in [0, 0.05) is 37.3 Å². The largest absolute Gasteiger partial charge is 0.494 e. The topological polar surface area (TPSA) is 49.9 Å².